The van der Waals surface area contributed by atoms with Crippen LogP contribution in [0.15, 0.2) is 22.7 Å². The Labute approximate surface area is 119 Å². The van der Waals surface area contributed by atoms with Crippen molar-refractivity contribution >= 4 is 15.9 Å². The molecule has 18 heavy (non-hydrogen) atoms. The van der Waals surface area contributed by atoms with E-state index in [4.69, 9.17) is 0 Å². The molecular formula is C15H24BrNO. The van der Waals surface area contributed by atoms with Crippen LogP contribution in [-0.4, -0.2) is 17.3 Å². The molecule has 1 unspecified atom stereocenters. The third kappa shape index (κ3) is 5.51. The molecule has 0 fully saturated rings. The number of benzene rings is 1. The first-order chi connectivity index (χ1) is 8.30. The van der Waals surface area contributed by atoms with Crippen LogP contribution in [0.2, 0.25) is 0 Å². The third-order valence-electron chi connectivity index (χ3n) is 2.91. The van der Waals surface area contributed by atoms with E-state index in [9.17, 15) is 5.11 Å². The minimum atomic E-state index is -0.626. The molecular weight excluding hydrogens is 290 g/mol. The van der Waals surface area contributed by atoms with Crippen LogP contribution in [0, 0.1) is 12.8 Å². The van der Waals surface area contributed by atoms with E-state index in [1.54, 1.807) is 0 Å². The topological polar surface area (TPSA) is 32.3 Å². The molecule has 0 aliphatic rings. The molecule has 0 aromatic heterocycles. The number of halogens is 1. The fourth-order valence-electron chi connectivity index (χ4n) is 2.24. The van der Waals surface area contributed by atoms with Crippen molar-refractivity contribution in [3.63, 3.8) is 0 Å². The second-order valence-corrected chi connectivity index (χ2v) is 6.64. The first kappa shape index (κ1) is 15.7. The standard InChI is InChI=1S/C15H24BrNO/c1-11(2)8-15(4,18)10-17-9-13-5-6-14(16)12(3)7-13/h5-7,11,17-18H,8-10H2,1-4H3. The summed E-state index contributed by atoms with van der Waals surface area (Å²) in [6, 6.07) is 6.33. The van der Waals surface area contributed by atoms with Crippen LogP contribution in [0.25, 0.3) is 0 Å². The quantitative estimate of drug-likeness (QED) is 0.840. The Bertz CT molecular complexity index is 388. The number of aliphatic hydroxyl groups is 1. The van der Waals surface area contributed by atoms with Crippen LogP contribution in [0.1, 0.15) is 38.3 Å². The van der Waals surface area contributed by atoms with Gasteiger partial charge in [-0.3, -0.25) is 0 Å². The smallest absolute Gasteiger partial charge is 0.0746 e. The Balaban J connectivity index is 2.43. The van der Waals surface area contributed by atoms with Crippen molar-refractivity contribution in [2.45, 2.75) is 46.3 Å². The highest BCUT2D eigenvalue weighted by Gasteiger charge is 2.20. The third-order valence-corrected chi connectivity index (χ3v) is 3.80. The molecule has 0 bridgehead atoms. The summed E-state index contributed by atoms with van der Waals surface area (Å²) in [4.78, 5) is 0. The molecule has 0 aliphatic carbocycles. The van der Waals surface area contributed by atoms with Crippen LogP contribution in [0.4, 0.5) is 0 Å². The van der Waals surface area contributed by atoms with Gasteiger partial charge in [-0.15, -0.1) is 0 Å². The van der Waals surface area contributed by atoms with Crippen LogP contribution in [-0.2, 0) is 6.54 Å². The minimum absolute atomic E-state index is 0.511. The van der Waals surface area contributed by atoms with Gasteiger partial charge in [0.25, 0.3) is 0 Å². The lowest BCUT2D eigenvalue weighted by atomic mass is 9.94. The molecule has 0 saturated heterocycles. The summed E-state index contributed by atoms with van der Waals surface area (Å²) in [5, 5.41) is 13.5. The van der Waals surface area contributed by atoms with Crippen molar-refractivity contribution in [2.24, 2.45) is 5.92 Å². The highest BCUT2D eigenvalue weighted by Crippen LogP contribution is 2.18. The van der Waals surface area contributed by atoms with Crippen LogP contribution in [0.3, 0.4) is 0 Å². The van der Waals surface area contributed by atoms with Gasteiger partial charge in [0.05, 0.1) is 5.60 Å². The first-order valence-corrected chi connectivity index (χ1v) is 7.27. The van der Waals surface area contributed by atoms with Gasteiger partial charge < -0.3 is 10.4 Å². The first-order valence-electron chi connectivity index (χ1n) is 6.48. The van der Waals surface area contributed by atoms with Crippen LogP contribution < -0.4 is 5.32 Å². The zero-order valence-corrected chi connectivity index (χ0v) is 13.3. The molecule has 0 aliphatic heterocycles. The van der Waals surface area contributed by atoms with Crippen molar-refractivity contribution in [3.8, 4) is 0 Å². The van der Waals surface area contributed by atoms with Gasteiger partial charge in [-0.25, -0.2) is 0 Å². The maximum absolute atomic E-state index is 10.2. The summed E-state index contributed by atoms with van der Waals surface area (Å²) < 4.78 is 1.14. The fraction of sp³-hybridized carbons (Fsp3) is 0.600. The molecule has 0 saturated carbocycles. The number of hydrogen-bond donors (Lipinski definition) is 2. The highest BCUT2D eigenvalue weighted by atomic mass is 79.9. The van der Waals surface area contributed by atoms with Gasteiger partial charge >= 0.3 is 0 Å². The highest BCUT2D eigenvalue weighted by molar-refractivity contribution is 9.10. The molecule has 0 radical (unpaired) electrons. The average Bonchev–Trinajstić information content (AvgIpc) is 2.21. The van der Waals surface area contributed by atoms with Gasteiger partial charge in [-0.1, -0.05) is 41.9 Å². The molecule has 0 spiro atoms. The summed E-state index contributed by atoms with van der Waals surface area (Å²) in [6.07, 6.45) is 0.819. The van der Waals surface area contributed by atoms with E-state index in [2.05, 4.69) is 60.2 Å². The average molecular weight is 314 g/mol. The summed E-state index contributed by atoms with van der Waals surface area (Å²) in [6.45, 7) is 9.66. The van der Waals surface area contributed by atoms with Crippen molar-refractivity contribution in [2.75, 3.05) is 6.54 Å². The van der Waals surface area contributed by atoms with Crippen molar-refractivity contribution in [3.05, 3.63) is 33.8 Å². The molecule has 1 aromatic carbocycles. The van der Waals surface area contributed by atoms with Crippen LogP contribution >= 0.6 is 15.9 Å². The minimum Gasteiger partial charge on any atom is -0.389 e. The molecule has 1 rings (SSSR count). The molecule has 1 atom stereocenters. The number of nitrogens with one attached hydrogen (secondary N) is 1. The monoisotopic (exact) mass is 313 g/mol. The second-order valence-electron chi connectivity index (χ2n) is 5.78. The number of hydrogen-bond acceptors (Lipinski definition) is 2. The Morgan fingerprint density at radius 2 is 2.06 bits per heavy atom. The Hall–Kier alpha value is -0.380. The summed E-state index contributed by atoms with van der Waals surface area (Å²) in [7, 11) is 0. The van der Waals surface area contributed by atoms with E-state index in [1.165, 1.54) is 11.1 Å². The maximum Gasteiger partial charge on any atom is 0.0746 e. The Morgan fingerprint density at radius 1 is 1.39 bits per heavy atom. The van der Waals surface area contributed by atoms with Gasteiger partial charge in [0, 0.05) is 17.6 Å². The largest absolute Gasteiger partial charge is 0.389 e. The van der Waals surface area contributed by atoms with E-state index < -0.39 is 5.60 Å². The van der Waals surface area contributed by atoms with E-state index >= 15 is 0 Å². The predicted octanol–water partition coefficient (Wildman–Crippen LogP) is 3.64. The van der Waals surface area contributed by atoms with Crippen molar-refractivity contribution < 1.29 is 5.11 Å². The fourth-order valence-corrected chi connectivity index (χ4v) is 2.49. The van der Waals surface area contributed by atoms with E-state index in [0.717, 1.165) is 17.4 Å². The summed E-state index contributed by atoms with van der Waals surface area (Å²) >= 11 is 3.50. The van der Waals surface area contributed by atoms with Crippen LogP contribution in [0.5, 0.6) is 0 Å². The molecule has 3 heteroatoms. The van der Waals surface area contributed by atoms with E-state index in [-0.39, 0.29) is 0 Å². The zero-order valence-electron chi connectivity index (χ0n) is 11.8. The predicted molar refractivity (Wildman–Crippen MR) is 80.7 cm³/mol. The second kappa shape index (κ2) is 6.69. The Morgan fingerprint density at radius 3 is 2.61 bits per heavy atom. The molecule has 2 nitrogen and oxygen atoms in total. The van der Waals surface area contributed by atoms with Gasteiger partial charge in [0.2, 0.25) is 0 Å². The van der Waals surface area contributed by atoms with Gasteiger partial charge in [-0.05, 0) is 43.4 Å². The lowest BCUT2D eigenvalue weighted by molar-refractivity contribution is 0.0383. The molecule has 2 N–H and O–H groups in total. The van der Waals surface area contributed by atoms with Crippen molar-refractivity contribution in [1.29, 1.82) is 0 Å². The zero-order chi connectivity index (χ0) is 13.8. The lowest BCUT2D eigenvalue weighted by Gasteiger charge is -2.25. The molecule has 1 aromatic rings. The lowest BCUT2D eigenvalue weighted by Crippen LogP contribution is -2.38. The normalized spacial score (nSPS) is 14.8. The Kier molecular flexibility index (Phi) is 5.83. The van der Waals surface area contributed by atoms with E-state index in [1.807, 2.05) is 6.92 Å². The summed E-state index contributed by atoms with van der Waals surface area (Å²) in [5.74, 6) is 0.511. The maximum atomic E-state index is 10.2. The van der Waals surface area contributed by atoms with Gasteiger partial charge in [0.15, 0.2) is 0 Å². The van der Waals surface area contributed by atoms with E-state index in [0.29, 0.717) is 12.5 Å². The van der Waals surface area contributed by atoms with Gasteiger partial charge in [-0.2, -0.15) is 0 Å². The number of aryl methyl sites for hydroxylation is 1. The molecule has 102 valence electrons. The molecule has 0 amide bonds. The van der Waals surface area contributed by atoms with Crippen molar-refractivity contribution in [1.82, 2.24) is 5.32 Å². The van der Waals surface area contributed by atoms with Gasteiger partial charge in [0.1, 0.15) is 0 Å². The molecule has 0 heterocycles. The summed E-state index contributed by atoms with van der Waals surface area (Å²) in [5.41, 5.74) is 1.86. The SMILES string of the molecule is Cc1cc(CNCC(C)(O)CC(C)C)ccc1Br. The number of rotatable bonds is 6.